The van der Waals surface area contributed by atoms with E-state index in [0.29, 0.717) is 28.6 Å². The standard InChI is InChI=1S/C15H17N3O4.C15H19N3O2/c1-15(2,3)12-9-13(17-22-12)16-14(19)8-10-4-6-11(7-5-10)18(20)21;1-15(2,3)12-9-13(18-20-12)17-14(19)8-10-4-6-11(16)7-5-10/h4-7,9H,8H2,1-3H3,(H,16,17,19);4-7,9H,8,16H2,1-3H3,(H,17,18,19). The van der Waals surface area contributed by atoms with Gasteiger partial charge in [0, 0.05) is 40.8 Å². The van der Waals surface area contributed by atoms with E-state index in [9.17, 15) is 19.7 Å². The maximum atomic E-state index is 11.9. The molecule has 0 aliphatic rings. The molecule has 0 saturated carbocycles. The zero-order valence-corrected chi connectivity index (χ0v) is 24.6. The molecule has 0 bridgehead atoms. The first-order valence-corrected chi connectivity index (χ1v) is 13.2. The quantitative estimate of drug-likeness (QED) is 0.139. The number of nitro groups is 1. The third kappa shape index (κ3) is 9.58. The number of nitrogen functional groups attached to an aromatic ring is 1. The molecule has 12 nitrogen and oxygen atoms in total. The average molecular weight is 577 g/mol. The fourth-order valence-electron chi connectivity index (χ4n) is 3.49. The van der Waals surface area contributed by atoms with Crippen LogP contribution < -0.4 is 16.4 Å². The van der Waals surface area contributed by atoms with Gasteiger partial charge in [0.25, 0.3) is 5.69 Å². The largest absolute Gasteiger partial charge is 0.399 e. The van der Waals surface area contributed by atoms with Crippen molar-refractivity contribution in [3.63, 3.8) is 0 Å². The van der Waals surface area contributed by atoms with Crippen LogP contribution in [0.1, 0.15) is 64.2 Å². The summed E-state index contributed by atoms with van der Waals surface area (Å²) in [5.41, 5.74) is 7.54. The van der Waals surface area contributed by atoms with Crippen molar-refractivity contribution in [1.29, 1.82) is 0 Å². The van der Waals surface area contributed by atoms with Crippen molar-refractivity contribution in [2.45, 2.75) is 65.2 Å². The Hall–Kier alpha value is -5.00. The van der Waals surface area contributed by atoms with Gasteiger partial charge >= 0.3 is 0 Å². The highest BCUT2D eigenvalue weighted by molar-refractivity contribution is 5.92. The van der Waals surface area contributed by atoms with E-state index in [0.717, 1.165) is 11.3 Å². The van der Waals surface area contributed by atoms with Crippen LogP contribution in [0.2, 0.25) is 0 Å². The van der Waals surface area contributed by atoms with Crippen LogP contribution in [0.5, 0.6) is 0 Å². The first kappa shape index (κ1) is 31.5. The molecule has 4 aromatic rings. The molecule has 2 aromatic heterocycles. The van der Waals surface area contributed by atoms with Crippen LogP contribution in [-0.4, -0.2) is 27.1 Å². The summed E-state index contributed by atoms with van der Waals surface area (Å²) in [6.07, 6.45) is 0.383. The van der Waals surface area contributed by atoms with Crippen LogP contribution >= 0.6 is 0 Å². The molecule has 4 N–H and O–H groups in total. The number of hydrogen-bond donors (Lipinski definition) is 3. The highest BCUT2D eigenvalue weighted by atomic mass is 16.6. The Morgan fingerprint density at radius 1 is 0.762 bits per heavy atom. The number of nitrogens with zero attached hydrogens (tertiary/aromatic N) is 3. The summed E-state index contributed by atoms with van der Waals surface area (Å²) in [6.45, 7) is 12.0. The van der Waals surface area contributed by atoms with Gasteiger partial charge in [-0.3, -0.25) is 19.7 Å². The van der Waals surface area contributed by atoms with Gasteiger partial charge in [-0.05, 0) is 23.3 Å². The van der Waals surface area contributed by atoms with Crippen molar-refractivity contribution in [3.8, 4) is 0 Å². The third-order valence-electron chi connectivity index (χ3n) is 5.89. The van der Waals surface area contributed by atoms with Crippen LogP contribution in [0, 0.1) is 10.1 Å². The van der Waals surface area contributed by atoms with Crippen molar-refractivity contribution in [3.05, 3.63) is 93.4 Å². The molecule has 0 aliphatic carbocycles. The van der Waals surface area contributed by atoms with E-state index in [-0.39, 0.29) is 41.2 Å². The number of carbonyl (C=O) groups excluding carboxylic acids is 2. The van der Waals surface area contributed by atoms with Gasteiger partial charge in [0.2, 0.25) is 11.8 Å². The SMILES string of the molecule is CC(C)(C)c1cc(NC(=O)Cc2ccc(N)cc2)no1.CC(C)(C)c1cc(NC(=O)Cc2ccc([N+](=O)[O-])cc2)no1. The van der Waals surface area contributed by atoms with Gasteiger partial charge in [0.05, 0.1) is 17.8 Å². The molecule has 0 unspecified atom stereocenters. The molecular formula is C30H36N6O6. The van der Waals surface area contributed by atoms with Crippen LogP contribution in [0.25, 0.3) is 0 Å². The first-order valence-electron chi connectivity index (χ1n) is 13.2. The van der Waals surface area contributed by atoms with E-state index in [1.54, 1.807) is 36.4 Å². The summed E-state index contributed by atoms with van der Waals surface area (Å²) in [6, 6.07) is 16.5. The number of anilines is 3. The monoisotopic (exact) mass is 576 g/mol. The van der Waals surface area contributed by atoms with Gasteiger partial charge < -0.3 is 25.4 Å². The van der Waals surface area contributed by atoms with E-state index < -0.39 is 4.92 Å². The predicted molar refractivity (Wildman–Crippen MR) is 159 cm³/mol. The van der Waals surface area contributed by atoms with E-state index in [2.05, 4.69) is 20.9 Å². The summed E-state index contributed by atoms with van der Waals surface area (Å²) in [5.74, 6) is 1.82. The minimum absolute atomic E-state index is 0.00419. The maximum Gasteiger partial charge on any atom is 0.269 e. The number of aromatic nitrogens is 2. The topological polar surface area (TPSA) is 179 Å². The summed E-state index contributed by atoms with van der Waals surface area (Å²) < 4.78 is 10.4. The number of non-ortho nitro benzene ring substituents is 1. The number of nitrogens with one attached hydrogen (secondary N) is 2. The third-order valence-corrected chi connectivity index (χ3v) is 5.89. The normalized spacial score (nSPS) is 11.3. The lowest BCUT2D eigenvalue weighted by Crippen LogP contribution is -2.14. The fourth-order valence-corrected chi connectivity index (χ4v) is 3.49. The Bertz CT molecular complexity index is 1510. The minimum atomic E-state index is -0.479. The van der Waals surface area contributed by atoms with Gasteiger partial charge in [0.15, 0.2) is 11.6 Å². The lowest BCUT2D eigenvalue weighted by Gasteiger charge is -2.12. The van der Waals surface area contributed by atoms with E-state index in [1.165, 1.54) is 12.1 Å². The van der Waals surface area contributed by atoms with Crippen molar-refractivity contribution in [1.82, 2.24) is 10.3 Å². The first-order chi connectivity index (χ1) is 19.6. The van der Waals surface area contributed by atoms with Crippen molar-refractivity contribution >= 4 is 34.8 Å². The van der Waals surface area contributed by atoms with Crippen molar-refractivity contribution < 1.29 is 23.6 Å². The number of benzene rings is 2. The number of carbonyl (C=O) groups is 2. The highest BCUT2D eigenvalue weighted by Gasteiger charge is 2.21. The van der Waals surface area contributed by atoms with Crippen molar-refractivity contribution in [2.75, 3.05) is 16.4 Å². The molecule has 0 aliphatic heterocycles. The summed E-state index contributed by atoms with van der Waals surface area (Å²) in [5, 5.41) is 23.6. The molecule has 42 heavy (non-hydrogen) atoms. The molecule has 0 radical (unpaired) electrons. The highest BCUT2D eigenvalue weighted by Crippen LogP contribution is 2.25. The van der Waals surface area contributed by atoms with Crippen LogP contribution in [0.4, 0.5) is 23.0 Å². The lowest BCUT2D eigenvalue weighted by atomic mass is 9.93. The minimum Gasteiger partial charge on any atom is -0.399 e. The number of amides is 2. The Morgan fingerprint density at radius 3 is 1.48 bits per heavy atom. The van der Waals surface area contributed by atoms with Crippen LogP contribution in [0.15, 0.2) is 69.7 Å². The van der Waals surface area contributed by atoms with E-state index >= 15 is 0 Å². The molecule has 0 saturated heterocycles. The van der Waals surface area contributed by atoms with Gasteiger partial charge in [-0.1, -0.05) is 76.1 Å². The Kier molecular flexibility index (Phi) is 9.84. The molecule has 0 fully saturated rings. The molecule has 0 atom stereocenters. The molecule has 2 heterocycles. The lowest BCUT2D eigenvalue weighted by molar-refractivity contribution is -0.384. The molecule has 0 spiro atoms. The van der Waals surface area contributed by atoms with Gasteiger partial charge in [-0.2, -0.15) is 0 Å². The summed E-state index contributed by atoms with van der Waals surface area (Å²) in [7, 11) is 0. The zero-order chi connectivity index (χ0) is 31.1. The number of nitro benzene ring substituents is 1. The summed E-state index contributed by atoms with van der Waals surface area (Å²) in [4.78, 5) is 33.9. The number of nitrogens with two attached hydrogens (primary N) is 1. The Morgan fingerprint density at radius 2 is 1.14 bits per heavy atom. The second-order valence-electron chi connectivity index (χ2n) is 11.8. The fraction of sp³-hybridized carbons (Fsp3) is 0.333. The van der Waals surface area contributed by atoms with E-state index in [1.807, 2.05) is 53.7 Å². The van der Waals surface area contributed by atoms with Gasteiger partial charge in [-0.15, -0.1) is 0 Å². The average Bonchev–Trinajstić information content (AvgIpc) is 3.56. The second-order valence-corrected chi connectivity index (χ2v) is 11.8. The molecule has 2 amide bonds. The van der Waals surface area contributed by atoms with Crippen LogP contribution in [-0.2, 0) is 33.3 Å². The van der Waals surface area contributed by atoms with Gasteiger partial charge in [0.1, 0.15) is 11.5 Å². The van der Waals surface area contributed by atoms with Crippen LogP contribution in [0.3, 0.4) is 0 Å². The second kappa shape index (κ2) is 13.1. The zero-order valence-electron chi connectivity index (χ0n) is 24.6. The number of rotatable bonds is 7. The Balaban J connectivity index is 0.000000231. The summed E-state index contributed by atoms with van der Waals surface area (Å²) >= 11 is 0. The Labute approximate surface area is 243 Å². The molecule has 4 rings (SSSR count). The van der Waals surface area contributed by atoms with E-state index in [4.69, 9.17) is 14.8 Å². The van der Waals surface area contributed by atoms with Gasteiger partial charge in [-0.25, -0.2) is 0 Å². The molecular weight excluding hydrogens is 540 g/mol. The predicted octanol–water partition coefficient (Wildman–Crippen LogP) is 5.80. The maximum absolute atomic E-state index is 11.9. The van der Waals surface area contributed by atoms with Crippen molar-refractivity contribution in [2.24, 2.45) is 0 Å². The molecule has 222 valence electrons. The molecule has 2 aromatic carbocycles. The molecule has 12 heteroatoms. The number of hydrogen-bond acceptors (Lipinski definition) is 9. The smallest absolute Gasteiger partial charge is 0.269 e.